The lowest BCUT2D eigenvalue weighted by Gasteiger charge is -2.44. The molecule has 7 nitrogen and oxygen atoms in total. The maximum absolute atomic E-state index is 12.5. The van der Waals surface area contributed by atoms with Crippen molar-refractivity contribution in [3.05, 3.63) is 11.7 Å². The van der Waals surface area contributed by atoms with E-state index < -0.39 is 0 Å². The van der Waals surface area contributed by atoms with Gasteiger partial charge in [0.05, 0.1) is 12.6 Å². The third-order valence-corrected chi connectivity index (χ3v) is 4.86. The van der Waals surface area contributed by atoms with Gasteiger partial charge in [0.1, 0.15) is 5.60 Å². The number of nitrogens with zero attached hydrogens (tertiary/aromatic N) is 3. The third kappa shape index (κ3) is 3.40. The van der Waals surface area contributed by atoms with Gasteiger partial charge in [-0.15, -0.1) is 0 Å². The molecule has 0 saturated carbocycles. The largest absolute Gasteiger partial charge is 0.378 e. The maximum atomic E-state index is 12.5. The minimum atomic E-state index is -0.317. The first-order valence-corrected chi connectivity index (χ1v) is 8.43. The highest BCUT2D eigenvalue weighted by molar-refractivity contribution is 5.76. The van der Waals surface area contributed by atoms with Gasteiger partial charge >= 0.3 is 0 Å². The van der Waals surface area contributed by atoms with Crippen LogP contribution in [0.5, 0.6) is 0 Å². The molecule has 3 heterocycles. The van der Waals surface area contributed by atoms with E-state index >= 15 is 0 Å². The van der Waals surface area contributed by atoms with Crippen LogP contribution in [0.25, 0.3) is 0 Å². The SMILES string of the molecule is CCc1noc(CCC(=O)N2CC[C@H](OC)[C@]3(CCCO3)C2)n1. The maximum Gasteiger partial charge on any atom is 0.227 e. The average Bonchev–Trinajstić information content (AvgIpc) is 3.22. The highest BCUT2D eigenvalue weighted by Gasteiger charge is 2.48. The lowest BCUT2D eigenvalue weighted by atomic mass is 9.86. The van der Waals surface area contributed by atoms with Crippen molar-refractivity contribution >= 4 is 5.91 Å². The highest BCUT2D eigenvalue weighted by Crippen LogP contribution is 2.36. The Morgan fingerprint density at radius 3 is 3.04 bits per heavy atom. The number of aromatic nitrogens is 2. The smallest absolute Gasteiger partial charge is 0.227 e. The van der Waals surface area contributed by atoms with Crippen LogP contribution in [0, 0.1) is 0 Å². The van der Waals surface area contributed by atoms with E-state index in [1.807, 2.05) is 11.8 Å². The summed E-state index contributed by atoms with van der Waals surface area (Å²) in [5.41, 5.74) is -0.317. The van der Waals surface area contributed by atoms with Crippen LogP contribution in [0.2, 0.25) is 0 Å². The fourth-order valence-electron chi connectivity index (χ4n) is 3.59. The first-order chi connectivity index (χ1) is 11.2. The van der Waals surface area contributed by atoms with Crippen molar-refractivity contribution in [2.45, 2.75) is 57.2 Å². The first kappa shape index (κ1) is 16.4. The van der Waals surface area contributed by atoms with Crippen LogP contribution in [0.3, 0.4) is 0 Å². The van der Waals surface area contributed by atoms with Crippen LogP contribution < -0.4 is 0 Å². The van der Waals surface area contributed by atoms with E-state index in [-0.39, 0.29) is 17.6 Å². The summed E-state index contributed by atoms with van der Waals surface area (Å²) in [5.74, 6) is 1.34. The number of rotatable bonds is 5. The summed E-state index contributed by atoms with van der Waals surface area (Å²) in [5, 5.41) is 3.86. The topological polar surface area (TPSA) is 77.7 Å². The average molecular weight is 323 g/mol. The van der Waals surface area contributed by atoms with E-state index in [0.717, 1.165) is 32.3 Å². The van der Waals surface area contributed by atoms with E-state index in [0.29, 0.717) is 37.6 Å². The number of hydrogen-bond donors (Lipinski definition) is 0. The Kier molecular flexibility index (Phi) is 4.96. The molecule has 0 radical (unpaired) electrons. The summed E-state index contributed by atoms with van der Waals surface area (Å²) in [7, 11) is 1.73. The normalized spacial score (nSPS) is 27.7. The number of amides is 1. The summed E-state index contributed by atoms with van der Waals surface area (Å²) in [4.78, 5) is 18.7. The fourth-order valence-corrected chi connectivity index (χ4v) is 3.59. The second kappa shape index (κ2) is 6.97. The van der Waals surface area contributed by atoms with Crippen molar-refractivity contribution in [1.29, 1.82) is 0 Å². The van der Waals surface area contributed by atoms with Gasteiger partial charge in [0.15, 0.2) is 5.82 Å². The Hall–Kier alpha value is -1.47. The quantitative estimate of drug-likeness (QED) is 0.814. The van der Waals surface area contributed by atoms with Gasteiger partial charge in [0.2, 0.25) is 11.8 Å². The molecule has 2 aliphatic rings. The molecule has 0 aromatic carbocycles. The highest BCUT2D eigenvalue weighted by atomic mass is 16.6. The zero-order chi connectivity index (χ0) is 16.3. The van der Waals surface area contributed by atoms with Crippen LogP contribution in [-0.2, 0) is 27.1 Å². The predicted octanol–water partition coefficient (Wildman–Crippen LogP) is 1.36. The van der Waals surface area contributed by atoms with Crippen molar-refractivity contribution in [2.24, 2.45) is 0 Å². The van der Waals surface area contributed by atoms with E-state index in [1.54, 1.807) is 7.11 Å². The van der Waals surface area contributed by atoms with Crippen molar-refractivity contribution < 1.29 is 18.8 Å². The van der Waals surface area contributed by atoms with Crippen LogP contribution in [0.15, 0.2) is 4.52 Å². The van der Waals surface area contributed by atoms with Gasteiger partial charge in [-0.3, -0.25) is 4.79 Å². The lowest BCUT2D eigenvalue weighted by molar-refractivity contribution is -0.160. The monoisotopic (exact) mass is 323 g/mol. The molecule has 2 atom stereocenters. The van der Waals surface area contributed by atoms with E-state index in [1.165, 1.54) is 0 Å². The van der Waals surface area contributed by atoms with Gasteiger partial charge in [0.25, 0.3) is 0 Å². The molecular weight excluding hydrogens is 298 g/mol. The predicted molar refractivity (Wildman–Crippen MR) is 81.9 cm³/mol. The van der Waals surface area contributed by atoms with E-state index in [4.69, 9.17) is 14.0 Å². The van der Waals surface area contributed by atoms with Gasteiger partial charge in [0, 0.05) is 39.5 Å². The number of methoxy groups -OCH3 is 1. The van der Waals surface area contributed by atoms with Crippen LogP contribution in [-0.4, -0.2) is 59.5 Å². The molecule has 2 fully saturated rings. The molecule has 23 heavy (non-hydrogen) atoms. The van der Waals surface area contributed by atoms with Gasteiger partial charge < -0.3 is 18.9 Å². The molecule has 0 bridgehead atoms. The van der Waals surface area contributed by atoms with Crippen molar-refractivity contribution in [3.8, 4) is 0 Å². The van der Waals surface area contributed by atoms with Crippen LogP contribution in [0.4, 0.5) is 0 Å². The van der Waals surface area contributed by atoms with Gasteiger partial charge in [-0.25, -0.2) is 0 Å². The van der Waals surface area contributed by atoms with Gasteiger partial charge in [-0.1, -0.05) is 12.1 Å². The van der Waals surface area contributed by atoms with Crippen LogP contribution in [0.1, 0.15) is 44.3 Å². The molecule has 2 saturated heterocycles. The minimum absolute atomic E-state index is 0.0807. The standard InChI is InChI=1S/C16H25N3O4/c1-3-13-17-14(23-18-13)5-6-15(20)19-9-7-12(21-2)16(11-19)8-4-10-22-16/h12H,3-11H2,1-2H3/t12-,16-/m0/s1. The van der Waals surface area contributed by atoms with Crippen molar-refractivity contribution in [3.63, 3.8) is 0 Å². The molecule has 7 heteroatoms. The van der Waals surface area contributed by atoms with Gasteiger partial charge in [-0.2, -0.15) is 4.98 Å². The van der Waals surface area contributed by atoms with E-state index in [9.17, 15) is 4.79 Å². The number of hydrogen-bond acceptors (Lipinski definition) is 6. The molecule has 1 aromatic rings. The molecule has 0 N–H and O–H groups in total. The number of carbonyl (C=O) groups is 1. The number of piperidine rings is 1. The Morgan fingerprint density at radius 2 is 2.39 bits per heavy atom. The molecule has 1 spiro atoms. The number of aryl methyl sites for hydroxylation is 2. The summed E-state index contributed by atoms with van der Waals surface area (Å²) >= 11 is 0. The number of likely N-dealkylation sites (tertiary alicyclic amines) is 1. The summed E-state index contributed by atoms with van der Waals surface area (Å²) in [6, 6.07) is 0. The molecule has 128 valence electrons. The zero-order valence-electron chi connectivity index (χ0n) is 13.9. The zero-order valence-corrected chi connectivity index (χ0v) is 13.9. The molecule has 0 aliphatic carbocycles. The third-order valence-electron chi connectivity index (χ3n) is 4.86. The Labute approximate surface area is 136 Å². The van der Waals surface area contributed by atoms with Crippen molar-refractivity contribution in [2.75, 3.05) is 26.8 Å². The molecule has 1 aromatic heterocycles. The minimum Gasteiger partial charge on any atom is -0.378 e. The number of carbonyl (C=O) groups excluding carboxylic acids is 1. The molecule has 3 rings (SSSR count). The van der Waals surface area contributed by atoms with E-state index in [2.05, 4.69) is 10.1 Å². The summed E-state index contributed by atoms with van der Waals surface area (Å²) in [6.45, 7) is 4.06. The first-order valence-electron chi connectivity index (χ1n) is 8.43. The number of ether oxygens (including phenoxy) is 2. The molecule has 1 amide bonds. The lowest BCUT2D eigenvalue weighted by Crippen LogP contribution is -2.58. The van der Waals surface area contributed by atoms with Crippen molar-refractivity contribution in [1.82, 2.24) is 15.0 Å². The Balaban J connectivity index is 1.57. The second-order valence-corrected chi connectivity index (χ2v) is 6.30. The second-order valence-electron chi connectivity index (χ2n) is 6.30. The summed E-state index contributed by atoms with van der Waals surface area (Å²) < 4.78 is 16.7. The van der Waals surface area contributed by atoms with Gasteiger partial charge in [-0.05, 0) is 19.3 Å². The fraction of sp³-hybridized carbons (Fsp3) is 0.812. The molecule has 2 aliphatic heterocycles. The Bertz CT molecular complexity index is 539. The molecule has 0 unspecified atom stereocenters. The molecular formula is C16H25N3O4. The summed E-state index contributed by atoms with van der Waals surface area (Å²) in [6.07, 6.45) is 4.51. The Morgan fingerprint density at radius 1 is 1.52 bits per heavy atom. The van der Waals surface area contributed by atoms with Crippen LogP contribution >= 0.6 is 0 Å².